The highest BCUT2D eigenvalue weighted by Gasteiger charge is 2.14. The van der Waals surface area contributed by atoms with Crippen LogP contribution in [0.2, 0.25) is 0 Å². The highest BCUT2D eigenvalue weighted by atomic mass is 15.0. The molecule has 0 spiro atoms. The van der Waals surface area contributed by atoms with E-state index in [9.17, 15) is 0 Å². The molecule has 2 nitrogen and oxygen atoms in total. The second-order valence-electron chi connectivity index (χ2n) is 4.95. The van der Waals surface area contributed by atoms with Crippen LogP contribution < -0.4 is 10.6 Å². The summed E-state index contributed by atoms with van der Waals surface area (Å²) < 4.78 is 0. The third-order valence-electron chi connectivity index (χ3n) is 2.98. The molecule has 2 N–H and O–H groups in total. The van der Waals surface area contributed by atoms with Crippen LogP contribution in [0.5, 0.6) is 0 Å². The summed E-state index contributed by atoms with van der Waals surface area (Å²) >= 11 is 0. The topological polar surface area (TPSA) is 24.1 Å². The van der Waals surface area contributed by atoms with E-state index in [4.69, 9.17) is 0 Å². The van der Waals surface area contributed by atoms with Crippen LogP contribution in [-0.2, 0) is 0 Å². The largest absolute Gasteiger partial charge is 0.317 e. The molecule has 0 aliphatic carbocycles. The van der Waals surface area contributed by atoms with E-state index < -0.39 is 0 Å². The summed E-state index contributed by atoms with van der Waals surface area (Å²) in [6, 6.07) is 0. The number of hydrogen-bond acceptors (Lipinski definition) is 2. The fourth-order valence-corrected chi connectivity index (χ4v) is 1.79. The molecule has 0 radical (unpaired) electrons. The zero-order valence-electron chi connectivity index (χ0n) is 9.81. The minimum atomic E-state index is 0.871. The van der Waals surface area contributed by atoms with Crippen LogP contribution in [0.15, 0.2) is 0 Å². The maximum Gasteiger partial charge on any atom is -0.000778 e. The van der Waals surface area contributed by atoms with Crippen molar-refractivity contribution in [1.29, 1.82) is 0 Å². The molecule has 1 saturated heterocycles. The Bertz CT molecular complexity index is 130. The van der Waals surface area contributed by atoms with Gasteiger partial charge in [-0.2, -0.15) is 0 Å². The molecule has 1 fully saturated rings. The van der Waals surface area contributed by atoms with E-state index >= 15 is 0 Å². The highest BCUT2D eigenvalue weighted by molar-refractivity contribution is 4.74. The van der Waals surface area contributed by atoms with E-state index in [1.807, 2.05) is 0 Å². The Balaban J connectivity index is 1.71. The number of nitrogens with one attached hydrogen (secondary N) is 2. The van der Waals surface area contributed by atoms with Gasteiger partial charge in [0, 0.05) is 0 Å². The van der Waals surface area contributed by atoms with Crippen molar-refractivity contribution in [3.63, 3.8) is 0 Å². The summed E-state index contributed by atoms with van der Waals surface area (Å²) in [7, 11) is 0. The summed E-state index contributed by atoms with van der Waals surface area (Å²) in [5.74, 6) is 1.83. The van der Waals surface area contributed by atoms with Crippen molar-refractivity contribution >= 4 is 0 Å². The Labute approximate surface area is 88.8 Å². The average Bonchev–Trinajstić information content (AvgIpc) is 2.06. The van der Waals surface area contributed by atoms with Gasteiger partial charge < -0.3 is 10.6 Å². The zero-order chi connectivity index (χ0) is 10.2. The van der Waals surface area contributed by atoms with Gasteiger partial charge >= 0.3 is 0 Å². The minimum absolute atomic E-state index is 0.871. The van der Waals surface area contributed by atoms with Crippen LogP contribution in [0, 0.1) is 11.8 Å². The molecule has 1 aliphatic heterocycles. The number of rotatable bonds is 8. The van der Waals surface area contributed by atoms with Crippen molar-refractivity contribution < 1.29 is 0 Å². The van der Waals surface area contributed by atoms with Crippen LogP contribution in [-0.4, -0.2) is 26.2 Å². The van der Waals surface area contributed by atoms with Gasteiger partial charge in [-0.05, 0) is 50.9 Å². The average molecular weight is 198 g/mol. The van der Waals surface area contributed by atoms with Gasteiger partial charge in [0.1, 0.15) is 0 Å². The third-order valence-corrected chi connectivity index (χ3v) is 2.98. The van der Waals surface area contributed by atoms with E-state index in [0.717, 1.165) is 11.8 Å². The lowest BCUT2D eigenvalue weighted by Gasteiger charge is -2.26. The summed E-state index contributed by atoms with van der Waals surface area (Å²) in [6.07, 6.45) is 5.47. The second kappa shape index (κ2) is 7.24. The van der Waals surface area contributed by atoms with Gasteiger partial charge in [-0.15, -0.1) is 0 Å². The molecule has 84 valence electrons. The molecular weight excluding hydrogens is 172 g/mol. The third kappa shape index (κ3) is 5.61. The van der Waals surface area contributed by atoms with Crippen LogP contribution >= 0.6 is 0 Å². The van der Waals surface area contributed by atoms with Gasteiger partial charge in [-0.3, -0.25) is 0 Å². The molecule has 0 saturated carbocycles. The fraction of sp³-hybridized carbons (Fsp3) is 1.00. The molecule has 0 unspecified atom stereocenters. The molecule has 0 atom stereocenters. The zero-order valence-corrected chi connectivity index (χ0v) is 9.81. The van der Waals surface area contributed by atoms with E-state index in [1.165, 1.54) is 51.9 Å². The van der Waals surface area contributed by atoms with E-state index in [-0.39, 0.29) is 0 Å². The Morgan fingerprint density at radius 1 is 1.21 bits per heavy atom. The van der Waals surface area contributed by atoms with Crippen LogP contribution in [0.25, 0.3) is 0 Å². The summed E-state index contributed by atoms with van der Waals surface area (Å²) in [4.78, 5) is 0. The predicted octanol–water partition coefficient (Wildman–Crippen LogP) is 2.01. The molecule has 0 aromatic carbocycles. The molecule has 0 aromatic heterocycles. The number of hydrogen-bond donors (Lipinski definition) is 2. The van der Waals surface area contributed by atoms with Gasteiger partial charge in [0.25, 0.3) is 0 Å². The van der Waals surface area contributed by atoms with Gasteiger partial charge in [0.15, 0.2) is 0 Å². The fourth-order valence-electron chi connectivity index (χ4n) is 1.79. The lowest BCUT2D eigenvalue weighted by molar-refractivity contribution is 0.322. The minimum Gasteiger partial charge on any atom is -0.317 e. The van der Waals surface area contributed by atoms with Crippen molar-refractivity contribution in [2.24, 2.45) is 11.8 Å². The second-order valence-corrected chi connectivity index (χ2v) is 4.95. The van der Waals surface area contributed by atoms with Crippen LogP contribution in [0.1, 0.15) is 39.5 Å². The highest BCUT2D eigenvalue weighted by Crippen LogP contribution is 2.07. The van der Waals surface area contributed by atoms with Gasteiger partial charge in [-0.1, -0.05) is 26.7 Å². The van der Waals surface area contributed by atoms with E-state index in [0.29, 0.717) is 0 Å². The Kier molecular flexibility index (Phi) is 6.20. The molecule has 14 heavy (non-hydrogen) atoms. The van der Waals surface area contributed by atoms with E-state index in [2.05, 4.69) is 24.5 Å². The quantitative estimate of drug-likeness (QED) is 0.583. The first-order valence-corrected chi connectivity index (χ1v) is 6.20. The maximum atomic E-state index is 3.53. The molecule has 1 heterocycles. The molecule has 1 aliphatic rings. The predicted molar refractivity (Wildman–Crippen MR) is 62.5 cm³/mol. The number of unbranched alkanes of at least 4 members (excludes halogenated alkanes) is 1. The molecule has 0 aromatic rings. The van der Waals surface area contributed by atoms with Crippen molar-refractivity contribution in [1.82, 2.24) is 10.6 Å². The Morgan fingerprint density at radius 3 is 2.57 bits per heavy atom. The standard InChI is InChI=1S/C12H26N2/c1-11(2)5-3-4-7-13-8-6-12-9-14-10-12/h11-14H,3-10H2,1-2H3. The monoisotopic (exact) mass is 198 g/mol. The summed E-state index contributed by atoms with van der Waals surface area (Å²) in [6.45, 7) is 9.53. The van der Waals surface area contributed by atoms with Crippen LogP contribution in [0.4, 0.5) is 0 Å². The summed E-state index contributed by atoms with van der Waals surface area (Å²) in [5.41, 5.74) is 0. The summed E-state index contributed by atoms with van der Waals surface area (Å²) in [5, 5.41) is 6.84. The first-order chi connectivity index (χ1) is 6.79. The first-order valence-electron chi connectivity index (χ1n) is 6.20. The van der Waals surface area contributed by atoms with Crippen LogP contribution in [0.3, 0.4) is 0 Å². The van der Waals surface area contributed by atoms with Crippen molar-refractivity contribution in [3.8, 4) is 0 Å². The molecule has 2 heteroatoms. The molecule has 0 amide bonds. The van der Waals surface area contributed by atoms with Crippen molar-refractivity contribution in [2.75, 3.05) is 26.2 Å². The Hall–Kier alpha value is -0.0800. The van der Waals surface area contributed by atoms with E-state index in [1.54, 1.807) is 0 Å². The molecular formula is C12H26N2. The maximum absolute atomic E-state index is 3.53. The lowest BCUT2D eigenvalue weighted by atomic mass is 9.99. The first kappa shape index (κ1) is 12.0. The van der Waals surface area contributed by atoms with Gasteiger partial charge in [-0.25, -0.2) is 0 Å². The Morgan fingerprint density at radius 2 is 2.00 bits per heavy atom. The normalized spacial score (nSPS) is 17.4. The molecule has 0 bridgehead atoms. The molecule has 1 rings (SSSR count). The van der Waals surface area contributed by atoms with Crippen molar-refractivity contribution in [3.05, 3.63) is 0 Å². The SMILES string of the molecule is CC(C)CCCCNCCC1CNC1. The smallest absolute Gasteiger partial charge is 0.000778 e. The van der Waals surface area contributed by atoms with Gasteiger partial charge in [0.2, 0.25) is 0 Å². The van der Waals surface area contributed by atoms with Gasteiger partial charge in [0.05, 0.1) is 0 Å². The van der Waals surface area contributed by atoms with Crippen molar-refractivity contribution in [2.45, 2.75) is 39.5 Å². The lowest BCUT2D eigenvalue weighted by Crippen LogP contribution is -2.43.